The molecule has 0 unspecified atom stereocenters. The highest BCUT2D eigenvalue weighted by atomic mass is 35.5. The smallest absolute Gasteiger partial charge is 0.136 e. The Morgan fingerprint density at radius 1 is 0.769 bits per heavy atom. The van der Waals surface area contributed by atoms with E-state index < -0.39 is 0 Å². The van der Waals surface area contributed by atoms with Crippen LogP contribution in [0.3, 0.4) is 0 Å². The molecule has 0 aliphatic carbocycles. The van der Waals surface area contributed by atoms with Crippen LogP contribution in [-0.4, -0.2) is 7.11 Å². The van der Waals surface area contributed by atoms with Gasteiger partial charge >= 0.3 is 0 Å². The lowest BCUT2D eigenvalue weighted by Crippen LogP contribution is -1.85. The van der Waals surface area contributed by atoms with Crippen molar-refractivity contribution in [1.29, 1.82) is 0 Å². The average molecular weight is 359 g/mol. The standard InChI is InChI=1S/C23H15ClO2/c1-25-16-9-6-14(7-10-16)19-13-22-23(17-11-8-15(24)12-20(17)19)18-4-2-3-5-21(18)26-22/h2-13H,1H3. The molecule has 0 fully saturated rings. The molecule has 5 rings (SSSR count). The first-order valence-electron chi connectivity index (χ1n) is 8.42. The Hall–Kier alpha value is -2.97. The van der Waals surface area contributed by atoms with Gasteiger partial charge in [-0.1, -0.05) is 48.0 Å². The van der Waals surface area contributed by atoms with Crippen LogP contribution in [0.4, 0.5) is 0 Å². The fourth-order valence-electron chi connectivity index (χ4n) is 3.62. The highest BCUT2D eigenvalue weighted by Gasteiger charge is 2.15. The van der Waals surface area contributed by atoms with E-state index in [0.717, 1.165) is 54.6 Å². The summed E-state index contributed by atoms with van der Waals surface area (Å²) in [6, 6.07) is 24.3. The Morgan fingerprint density at radius 3 is 2.38 bits per heavy atom. The summed E-state index contributed by atoms with van der Waals surface area (Å²) in [4.78, 5) is 0. The molecule has 5 aromatic rings. The molecular formula is C23H15ClO2. The molecular weight excluding hydrogens is 344 g/mol. The van der Waals surface area contributed by atoms with Crippen molar-refractivity contribution in [3.05, 3.63) is 77.8 Å². The maximum absolute atomic E-state index is 6.33. The number of benzene rings is 4. The molecule has 0 amide bonds. The maximum Gasteiger partial charge on any atom is 0.136 e. The predicted molar refractivity (Wildman–Crippen MR) is 108 cm³/mol. The number of furan rings is 1. The summed E-state index contributed by atoms with van der Waals surface area (Å²) in [5, 5.41) is 5.23. The lowest BCUT2D eigenvalue weighted by atomic mass is 9.95. The van der Waals surface area contributed by atoms with Crippen molar-refractivity contribution in [2.24, 2.45) is 0 Å². The van der Waals surface area contributed by atoms with Gasteiger partial charge in [-0.2, -0.15) is 0 Å². The lowest BCUT2D eigenvalue weighted by molar-refractivity contribution is 0.415. The van der Waals surface area contributed by atoms with Crippen molar-refractivity contribution < 1.29 is 9.15 Å². The summed E-state index contributed by atoms with van der Waals surface area (Å²) in [7, 11) is 1.67. The number of fused-ring (bicyclic) bond motifs is 5. The van der Waals surface area contributed by atoms with E-state index in [0.29, 0.717) is 0 Å². The van der Waals surface area contributed by atoms with Gasteiger partial charge in [-0.3, -0.25) is 0 Å². The zero-order valence-corrected chi connectivity index (χ0v) is 14.9. The second kappa shape index (κ2) is 5.79. The molecule has 4 aromatic carbocycles. The molecule has 1 heterocycles. The highest BCUT2D eigenvalue weighted by Crippen LogP contribution is 2.40. The quantitative estimate of drug-likeness (QED) is 0.336. The second-order valence-electron chi connectivity index (χ2n) is 6.31. The zero-order chi connectivity index (χ0) is 17.7. The van der Waals surface area contributed by atoms with Gasteiger partial charge < -0.3 is 9.15 Å². The second-order valence-corrected chi connectivity index (χ2v) is 6.75. The first kappa shape index (κ1) is 15.3. The van der Waals surface area contributed by atoms with Crippen molar-refractivity contribution in [2.45, 2.75) is 0 Å². The number of ether oxygens (including phenoxy) is 1. The predicted octanol–water partition coefficient (Wildman–Crippen LogP) is 7.07. The van der Waals surface area contributed by atoms with Crippen LogP contribution in [0.5, 0.6) is 5.75 Å². The van der Waals surface area contributed by atoms with E-state index >= 15 is 0 Å². The van der Waals surface area contributed by atoms with Crippen LogP contribution in [0, 0.1) is 0 Å². The van der Waals surface area contributed by atoms with E-state index in [-0.39, 0.29) is 0 Å². The molecule has 26 heavy (non-hydrogen) atoms. The Balaban J connectivity index is 1.92. The van der Waals surface area contributed by atoms with Gasteiger partial charge in [0.25, 0.3) is 0 Å². The molecule has 0 saturated heterocycles. The summed E-state index contributed by atoms with van der Waals surface area (Å²) in [5.74, 6) is 0.834. The molecule has 0 aliphatic heterocycles. The van der Waals surface area contributed by atoms with E-state index in [2.05, 4.69) is 30.3 Å². The Morgan fingerprint density at radius 2 is 1.58 bits per heavy atom. The van der Waals surface area contributed by atoms with Crippen LogP contribution in [0.25, 0.3) is 43.8 Å². The SMILES string of the molecule is COc1ccc(-c2cc3oc4ccccc4c3c3ccc(Cl)cc23)cc1. The molecule has 0 N–H and O–H groups in total. The summed E-state index contributed by atoms with van der Waals surface area (Å²) in [6.45, 7) is 0. The first-order valence-corrected chi connectivity index (χ1v) is 8.80. The molecule has 1 aromatic heterocycles. The normalized spacial score (nSPS) is 11.5. The number of halogens is 1. The molecule has 0 spiro atoms. The monoisotopic (exact) mass is 358 g/mol. The van der Waals surface area contributed by atoms with E-state index in [1.807, 2.05) is 42.5 Å². The van der Waals surface area contributed by atoms with Crippen LogP contribution in [0.15, 0.2) is 77.2 Å². The molecule has 3 heteroatoms. The van der Waals surface area contributed by atoms with Gasteiger partial charge in [0, 0.05) is 15.8 Å². The topological polar surface area (TPSA) is 22.4 Å². The van der Waals surface area contributed by atoms with Crippen molar-refractivity contribution in [3.63, 3.8) is 0 Å². The van der Waals surface area contributed by atoms with Gasteiger partial charge in [0.1, 0.15) is 16.9 Å². The van der Waals surface area contributed by atoms with Crippen LogP contribution in [-0.2, 0) is 0 Å². The minimum Gasteiger partial charge on any atom is -0.497 e. The first-order chi connectivity index (χ1) is 12.7. The number of rotatable bonds is 2. The van der Waals surface area contributed by atoms with Crippen LogP contribution in [0.1, 0.15) is 0 Å². The number of hydrogen-bond acceptors (Lipinski definition) is 2. The van der Waals surface area contributed by atoms with Gasteiger partial charge in [-0.25, -0.2) is 0 Å². The van der Waals surface area contributed by atoms with Crippen LogP contribution >= 0.6 is 11.6 Å². The van der Waals surface area contributed by atoms with Gasteiger partial charge in [0.15, 0.2) is 0 Å². The van der Waals surface area contributed by atoms with Crippen molar-refractivity contribution >= 4 is 44.3 Å². The molecule has 0 radical (unpaired) electrons. The lowest BCUT2D eigenvalue weighted by Gasteiger charge is -2.10. The Bertz CT molecular complexity index is 1270. The fraction of sp³-hybridized carbons (Fsp3) is 0.0435. The third-order valence-electron chi connectivity index (χ3n) is 4.84. The minimum absolute atomic E-state index is 0.722. The number of hydrogen-bond donors (Lipinski definition) is 0. The van der Waals surface area contributed by atoms with E-state index in [1.54, 1.807) is 7.11 Å². The number of para-hydroxylation sites is 1. The summed E-state index contributed by atoms with van der Waals surface area (Å²) < 4.78 is 11.4. The maximum atomic E-state index is 6.33. The molecule has 0 saturated carbocycles. The minimum atomic E-state index is 0.722. The molecule has 0 atom stereocenters. The fourth-order valence-corrected chi connectivity index (χ4v) is 3.79. The third-order valence-corrected chi connectivity index (χ3v) is 5.08. The molecule has 0 bridgehead atoms. The molecule has 0 aliphatic rings. The van der Waals surface area contributed by atoms with Crippen LogP contribution in [0.2, 0.25) is 5.02 Å². The average Bonchev–Trinajstić information content (AvgIpc) is 3.06. The van der Waals surface area contributed by atoms with Crippen molar-refractivity contribution in [3.8, 4) is 16.9 Å². The van der Waals surface area contributed by atoms with E-state index in [9.17, 15) is 0 Å². The Labute approximate surface area is 155 Å². The summed E-state index contributed by atoms with van der Waals surface area (Å²) in [6.07, 6.45) is 0. The van der Waals surface area contributed by atoms with Crippen molar-refractivity contribution in [2.75, 3.05) is 7.11 Å². The largest absolute Gasteiger partial charge is 0.497 e. The van der Waals surface area contributed by atoms with E-state index in [4.69, 9.17) is 20.8 Å². The third kappa shape index (κ3) is 2.27. The summed E-state index contributed by atoms with van der Waals surface area (Å²) >= 11 is 6.33. The Kier molecular flexibility index (Phi) is 3.41. The highest BCUT2D eigenvalue weighted by molar-refractivity contribution is 6.32. The van der Waals surface area contributed by atoms with E-state index in [1.165, 1.54) is 0 Å². The van der Waals surface area contributed by atoms with Gasteiger partial charge in [0.2, 0.25) is 0 Å². The van der Waals surface area contributed by atoms with Gasteiger partial charge in [-0.05, 0) is 58.3 Å². The molecule has 126 valence electrons. The van der Waals surface area contributed by atoms with Gasteiger partial charge in [0.05, 0.1) is 7.11 Å². The van der Waals surface area contributed by atoms with Crippen LogP contribution < -0.4 is 4.74 Å². The number of methoxy groups -OCH3 is 1. The van der Waals surface area contributed by atoms with Gasteiger partial charge in [-0.15, -0.1) is 0 Å². The zero-order valence-electron chi connectivity index (χ0n) is 14.1. The van der Waals surface area contributed by atoms with Crippen molar-refractivity contribution in [1.82, 2.24) is 0 Å². The molecule has 2 nitrogen and oxygen atoms in total. The summed E-state index contributed by atoms with van der Waals surface area (Å²) in [5.41, 5.74) is 3.97.